The Bertz CT molecular complexity index is 1350. The van der Waals surface area contributed by atoms with Crippen molar-refractivity contribution in [3.8, 4) is 11.1 Å². The predicted octanol–water partition coefficient (Wildman–Crippen LogP) is 2.02. The topological polar surface area (TPSA) is 83.8 Å². The molecule has 29 heavy (non-hydrogen) atoms. The monoisotopic (exact) mass is 409 g/mol. The van der Waals surface area contributed by atoms with E-state index in [1.165, 1.54) is 0 Å². The highest BCUT2D eigenvalue weighted by Gasteiger charge is 2.39. The van der Waals surface area contributed by atoms with Gasteiger partial charge in [-0.3, -0.25) is 14.0 Å². The Morgan fingerprint density at radius 1 is 1.24 bits per heavy atom. The zero-order valence-corrected chi connectivity index (χ0v) is 16.9. The number of piperazine rings is 1. The fraction of sp³-hybridized carbons (Fsp3) is 0.350. The molecule has 0 aliphatic carbocycles. The van der Waals surface area contributed by atoms with Gasteiger partial charge in [-0.25, -0.2) is 0 Å². The van der Waals surface area contributed by atoms with Crippen LogP contribution in [0.5, 0.6) is 0 Å². The van der Waals surface area contributed by atoms with Crippen LogP contribution in [-0.4, -0.2) is 49.5 Å². The van der Waals surface area contributed by atoms with E-state index in [1.54, 1.807) is 16.3 Å². The molecule has 5 heterocycles. The average Bonchev–Trinajstić information content (AvgIpc) is 3.47. The van der Waals surface area contributed by atoms with Gasteiger partial charge in [0.05, 0.1) is 15.9 Å². The standard InChI is InChI=1S/C20H20ClN7O/c1-26-9-14-15(25-26)4-3-12(17(14)21)13-7-23-18-16(13)19(29)27(2)20(24-18)28-8-10-5-11(28)6-22-10/h3-4,7,9-11,22-23H,5-6,8H2,1-2H3/t10-,11-/m0/s1. The average molecular weight is 410 g/mol. The first kappa shape index (κ1) is 17.1. The minimum Gasteiger partial charge on any atom is -0.345 e. The highest BCUT2D eigenvalue weighted by molar-refractivity contribution is 6.38. The van der Waals surface area contributed by atoms with Crippen molar-refractivity contribution in [3.63, 3.8) is 0 Å². The molecule has 2 aliphatic rings. The van der Waals surface area contributed by atoms with E-state index in [1.807, 2.05) is 31.6 Å². The summed E-state index contributed by atoms with van der Waals surface area (Å²) in [6.07, 6.45) is 4.81. The summed E-state index contributed by atoms with van der Waals surface area (Å²) in [5.41, 5.74) is 2.91. The molecule has 2 saturated heterocycles. The molecule has 8 nitrogen and oxygen atoms in total. The minimum absolute atomic E-state index is 0.0701. The number of hydrogen-bond donors (Lipinski definition) is 2. The molecule has 0 unspecified atom stereocenters. The lowest BCUT2D eigenvalue weighted by molar-refractivity contribution is 0.563. The maximum Gasteiger partial charge on any atom is 0.264 e. The van der Waals surface area contributed by atoms with Crippen LogP contribution in [0, 0.1) is 0 Å². The molecule has 0 saturated carbocycles. The fourth-order valence-electron chi connectivity index (χ4n) is 4.81. The summed E-state index contributed by atoms with van der Waals surface area (Å²) in [6, 6.07) is 4.72. The molecule has 148 valence electrons. The molecule has 2 bridgehead atoms. The van der Waals surface area contributed by atoms with E-state index < -0.39 is 0 Å². The van der Waals surface area contributed by atoms with Crippen molar-refractivity contribution in [2.75, 3.05) is 18.0 Å². The summed E-state index contributed by atoms with van der Waals surface area (Å²) in [5.74, 6) is 0.721. The lowest BCUT2D eigenvalue weighted by Crippen LogP contribution is -2.46. The van der Waals surface area contributed by atoms with Crippen LogP contribution in [0.3, 0.4) is 0 Å². The van der Waals surface area contributed by atoms with Gasteiger partial charge in [-0.15, -0.1) is 0 Å². The van der Waals surface area contributed by atoms with Gasteiger partial charge in [0.2, 0.25) is 5.95 Å². The van der Waals surface area contributed by atoms with Crippen molar-refractivity contribution in [1.29, 1.82) is 0 Å². The summed E-state index contributed by atoms with van der Waals surface area (Å²) < 4.78 is 3.40. The first-order chi connectivity index (χ1) is 14.0. The number of aromatic amines is 1. The molecule has 2 N–H and O–H groups in total. The van der Waals surface area contributed by atoms with Crippen LogP contribution in [0.25, 0.3) is 33.1 Å². The number of anilines is 1. The Labute approximate surface area is 171 Å². The number of fused-ring (bicyclic) bond motifs is 4. The second kappa shape index (κ2) is 5.84. The molecular formula is C20H20ClN7O. The molecular weight excluding hydrogens is 390 g/mol. The Kier molecular flexibility index (Phi) is 3.43. The first-order valence-electron chi connectivity index (χ1n) is 9.71. The number of halogens is 1. The van der Waals surface area contributed by atoms with Crippen molar-refractivity contribution in [2.45, 2.75) is 18.5 Å². The molecule has 4 aromatic rings. The number of hydrogen-bond acceptors (Lipinski definition) is 5. The van der Waals surface area contributed by atoms with Crippen LogP contribution in [-0.2, 0) is 14.1 Å². The zero-order chi connectivity index (χ0) is 19.9. The molecule has 3 aromatic heterocycles. The number of benzene rings is 1. The van der Waals surface area contributed by atoms with Crippen LogP contribution in [0.1, 0.15) is 6.42 Å². The summed E-state index contributed by atoms with van der Waals surface area (Å²) >= 11 is 6.70. The summed E-state index contributed by atoms with van der Waals surface area (Å²) in [4.78, 5) is 23.6. The van der Waals surface area contributed by atoms with Crippen molar-refractivity contribution < 1.29 is 0 Å². The van der Waals surface area contributed by atoms with Crippen LogP contribution >= 0.6 is 11.6 Å². The minimum atomic E-state index is -0.0701. The van der Waals surface area contributed by atoms with E-state index in [0.717, 1.165) is 47.5 Å². The third-order valence-corrected chi connectivity index (χ3v) is 6.64. The Morgan fingerprint density at radius 2 is 2.10 bits per heavy atom. The molecule has 6 rings (SSSR count). The summed E-state index contributed by atoms with van der Waals surface area (Å²) in [5, 5.41) is 9.90. The van der Waals surface area contributed by atoms with Crippen molar-refractivity contribution in [3.05, 3.63) is 39.9 Å². The number of H-pyrrole nitrogens is 1. The molecule has 1 aromatic carbocycles. The first-order valence-corrected chi connectivity index (χ1v) is 10.1. The highest BCUT2D eigenvalue weighted by atomic mass is 35.5. The van der Waals surface area contributed by atoms with Gasteiger partial charge in [0.1, 0.15) is 5.65 Å². The smallest absolute Gasteiger partial charge is 0.264 e. The predicted molar refractivity (Wildman–Crippen MR) is 114 cm³/mol. The summed E-state index contributed by atoms with van der Waals surface area (Å²) in [6.45, 7) is 1.82. The molecule has 2 aliphatic heterocycles. The third kappa shape index (κ3) is 2.33. The number of nitrogens with zero attached hydrogens (tertiary/aromatic N) is 5. The van der Waals surface area contributed by atoms with Crippen LogP contribution in [0.15, 0.2) is 29.3 Å². The van der Waals surface area contributed by atoms with Gasteiger partial charge in [0.15, 0.2) is 0 Å². The molecule has 0 radical (unpaired) electrons. The van der Waals surface area contributed by atoms with Gasteiger partial charge in [0.25, 0.3) is 5.56 Å². The number of aromatic nitrogens is 5. The second-order valence-electron chi connectivity index (χ2n) is 8.01. The number of aryl methyl sites for hydroxylation is 1. The van der Waals surface area contributed by atoms with Gasteiger partial charge in [-0.1, -0.05) is 17.7 Å². The lowest BCUT2D eigenvalue weighted by Gasteiger charge is -2.29. The number of rotatable bonds is 2. The fourth-order valence-corrected chi connectivity index (χ4v) is 5.12. The third-order valence-electron chi connectivity index (χ3n) is 6.23. The Hall–Kier alpha value is -2.84. The Morgan fingerprint density at radius 3 is 2.86 bits per heavy atom. The van der Waals surface area contributed by atoms with Crippen LogP contribution < -0.4 is 15.8 Å². The molecule has 0 spiro atoms. The van der Waals surface area contributed by atoms with Crippen LogP contribution in [0.2, 0.25) is 5.02 Å². The normalized spacial score (nSPS) is 21.1. The van der Waals surface area contributed by atoms with Gasteiger partial charge in [0, 0.05) is 68.2 Å². The van der Waals surface area contributed by atoms with Crippen molar-refractivity contribution in [1.82, 2.24) is 29.6 Å². The van der Waals surface area contributed by atoms with Gasteiger partial charge in [-0.2, -0.15) is 10.1 Å². The van der Waals surface area contributed by atoms with E-state index in [2.05, 4.69) is 20.3 Å². The second-order valence-corrected chi connectivity index (χ2v) is 8.39. The SMILES string of the molecule is Cn1cc2c(Cl)c(-c3c[nH]c4nc(N5C[C@@H]6C[C@H]5CN6)n(C)c(=O)c34)ccc2n1. The largest absolute Gasteiger partial charge is 0.345 e. The maximum atomic E-state index is 13.3. The highest BCUT2D eigenvalue weighted by Crippen LogP contribution is 2.37. The van der Waals surface area contributed by atoms with Crippen LogP contribution in [0.4, 0.5) is 5.95 Å². The van der Waals surface area contributed by atoms with Gasteiger partial charge in [-0.05, 0) is 12.5 Å². The van der Waals surface area contributed by atoms with Crippen molar-refractivity contribution >= 4 is 39.5 Å². The zero-order valence-electron chi connectivity index (χ0n) is 16.1. The molecule has 0 amide bonds. The summed E-state index contributed by atoms with van der Waals surface area (Å²) in [7, 11) is 3.66. The molecule has 9 heteroatoms. The van der Waals surface area contributed by atoms with Crippen molar-refractivity contribution in [2.24, 2.45) is 14.1 Å². The molecule has 2 fully saturated rings. The van der Waals surface area contributed by atoms with Gasteiger partial charge >= 0.3 is 0 Å². The van der Waals surface area contributed by atoms with E-state index >= 15 is 0 Å². The van der Waals surface area contributed by atoms with E-state index in [4.69, 9.17) is 16.6 Å². The quantitative estimate of drug-likeness (QED) is 0.529. The van der Waals surface area contributed by atoms with E-state index in [9.17, 15) is 4.79 Å². The van der Waals surface area contributed by atoms with Gasteiger partial charge < -0.3 is 15.2 Å². The van der Waals surface area contributed by atoms with E-state index in [-0.39, 0.29) is 5.56 Å². The lowest BCUT2D eigenvalue weighted by atomic mass is 10.0. The maximum absolute atomic E-state index is 13.3. The number of nitrogens with one attached hydrogen (secondary N) is 2. The Balaban J connectivity index is 1.54. The van der Waals surface area contributed by atoms with E-state index in [0.29, 0.717) is 28.1 Å². The molecule has 2 atom stereocenters.